The van der Waals surface area contributed by atoms with E-state index in [1.807, 2.05) is 22.8 Å². The van der Waals surface area contributed by atoms with Crippen molar-refractivity contribution in [1.29, 1.82) is 10.7 Å². The molecule has 0 aliphatic carbocycles. The van der Waals surface area contributed by atoms with E-state index in [1.54, 1.807) is 26.4 Å². The standard InChI is InChI=1S/C23H20BrN3O4/c1-29-19-7-12-4-5-27-18(15(12)10-20(19)30-2)9-14(16(11-25)23(27)26)13-6-17(24)22(28)21(8-13)31-3/h6-10,26,28H,4-5H2,1-3H3. The Labute approximate surface area is 187 Å². The van der Waals surface area contributed by atoms with Crippen molar-refractivity contribution in [3.05, 3.63) is 51.4 Å². The highest BCUT2D eigenvalue weighted by Gasteiger charge is 2.23. The van der Waals surface area contributed by atoms with Gasteiger partial charge >= 0.3 is 0 Å². The molecular formula is C23H20BrN3O4. The van der Waals surface area contributed by atoms with Crippen LogP contribution in [0.15, 0.2) is 34.8 Å². The van der Waals surface area contributed by atoms with Gasteiger partial charge in [0.2, 0.25) is 0 Å². The van der Waals surface area contributed by atoms with Crippen LogP contribution in [0.5, 0.6) is 23.0 Å². The van der Waals surface area contributed by atoms with E-state index in [1.165, 1.54) is 7.11 Å². The minimum atomic E-state index is -0.0228. The fraction of sp³-hybridized carbons (Fsp3) is 0.217. The molecule has 0 spiro atoms. The number of aromatic hydroxyl groups is 1. The predicted molar refractivity (Wildman–Crippen MR) is 119 cm³/mol. The number of nitriles is 1. The Morgan fingerprint density at radius 2 is 1.68 bits per heavy atom. The predicted octanol–water partition coefficient (Wildman–Crippen LogP) is 4.22. The maximum absolute atomic E-state index is 10.2. The van der Waals surface area contributed by atoms with Gasteiger partial charge in [0.05, 0.1) is 31.5 Å². The van der Waals surface area contributed by atoms with Crippen molar-refractivity contribution in [1.82, 2.24) is 4.57 Å². The summed E-state index contributed by atoms with van der Waals surface area (Å²) in [5.41, 5.74) is 4.45. The van der Waals surface area contributed by atoms with E-state index in [0.717, 1.165) is 16.8 Å². The molecule has 0 radical (unpaired) electrons. The average molecular weight is 482 g/mol. The topological polar surface area (TPSA) is 100 Å². The van der Waals surface area contributed by atoms with Gasteiger partial charge < -0.3 is 23.9 Å². The number of halogens is 1. The van der Waals surface area contributed by atoms with Gasteiger partial charge in [-0.25, -0.2) is 0 Å². The number of methoxy groups -OCH3 is 3. The van der Waals surface area contributed by atoms with E-state index in [0.29, 0.717) is 40.1 Å². The zero-order valence-electron chi connectivity index (χ0n) is 17.2. The lowest BCUT2D eigenvalue weighted by Gasteiger charge is -2.25. The van der Waals surface area contributed by atoms with E-state index >= 15 is 0 Å². The van der Waals surface area contributed by atoms with Crippen molar-refractivity contribution >= 4 is 15.9 Å². The first-order valence-corrected chi connectivity index (χ1v) is 10.3. The first kappa shape index (κ1) is 20.8. The zero-order chi connectivity index (χ0) is 22.3. The van der Waals surface area contributed by atoms with Crippen LogP contribution < -0.4 is 19.7 Å². The summed E-state index contributed by atoms with van der Waals surface area (Å²) < 4.78 is 18.5. The molecule has 1 aliphatic heterocycles. The van der Waals surface area contributed by atoms with E-state index in [2.05, 4.69) is 22.0 Å². The van der Waals surface area contributed by atoms with Crippen LogP contribution in [0.4, 0.5) is 0 Å². The van der Waals surface area contributed by atoms with Crippen LogP contribution in [0.2, 0.25) is 0 Å². The highest BCUT2D eigenvalue weighted by atomic mass is 79.9. The van der Waals surface area contributed by atoms with Crippen molar-refractivity contribution < 1.29 is 19.3 Å². The van der Waals surface area contributed by atoms with Gasteiger partial charge in [0.15, 0.2) is 23.0 Å². The summed E-state index contributed by atoms with van der Waals surface area (Å²) in [7, 11) is 4.65. The SMILES string of the molecule is COc1cc2c(cc1OC)-c1cc(-c3cc(Br)c(O)c(OC)c3)c(C#N)c(=N)n1CC2. The molecule has 3 aromatic rings. The maximum atomic E-state index is 10.2. The molecule has 0 fully saturated rings. The van der Waals surface area contributed by atoms with Crippen LogP contribution in [0.3, 0.4) is 0 Å². The Morgan fingerprint density at radius 3 is 2.32 bits per heavy atom. The smallest absolute Gasteiger partial charge is 0.172 e. The largest absolute Gasteiger partial charge is 0.503 e. The number of nitrogens with one attached hydrogen (secondary N) is 1. The first-order valence-electron chi connectivity index (χ1n) is 9.48. The Morgan fingerprint density at radius 1 is 1.00 bits per heavy atom. The lowest BCUT2D eigenvalue weighted by Crippen LogP contribution is -2.28. The molecule has 8 heteroatoms. The molecule has 158 valence electrons. The van der Waals surface area contributed by atoms with Crippen LogP contribution in [0.1, 0.15) is 11.1 Å². The summed E-state index contributed by atoms with van der Waals surface area (Å²) in [4.78, 5) is 0. The molecule has 31 heavy (non-hydrogen) atoms. The monoisotopic (exact) mass is 481 g/mol. The number of ether oxygens (including phenoxy) is 3. The third-order valence-electron chi connectivity index (χ3n) is 5.51. The molecule has 7 nitrogen and oxygen atoms in total. The third-order valence-corrected chi connectivity index (χ3v) is 6.11. The Bertz CT molecular complexity index is 1310. The third kappa shape index (κ3) is 3.31. The van der Waals surface area contributed by atoms with Gasteiger partial charge in [-0.2, -0.15) is 5.26 Å². The van der Waals surface area contributed by atoms with Crippen LogP contribution in [0.25, 0.3) is 22.4 Å². The van der Waals surface area contributed by atoms with E-state index in [9.17, 15) is 10.4 Å². The molecule has 0 amide bonds. The van der Waals surface area contributed by atoms with Crippen molar-refractivity contribution in [3.63, 3.8) is 0 Å². The van der Waals surface area contributed by atoms with Gasteiger partial charge in [-0.05, 0) is 63.8 Å². The minimum Gasteiger partial charge on any atom is -0.503 e. The summed E-state index contributed by atoms with van der Waals surface area (Å²) in [5, 5.41) is 28.7. The molecule has 4 rings (SSSR count). The molecule has 0 bridgehead atoms. The fourth-order valence-corrected chi connectivity index (χ4v) is 4.39. The van der Waals surface area contributed by atoms with Gasteiger partial charge in [0.25, 0.3) is 0 Å². The number of hydrogen-bond donors (Lipinski definition) is 2. The average Bonchev–Trinajstić information content (AvgIpc) is 2.79. The molecular weight excluding hydrogens is 462 g/mol. The van der Waals surface area contributed by atoms with Gasteiger partial charge in [-0.15, -0.1) is 0 Å². The summed E-state index contributed by atoms with van der Waals surface area (Å²) in [5.74, 6) is 1.50. The summed E-state index contributed by atoms with van der Waals surface area (Å²) in [6.45, 7) is 0.578. The molecule has 2 N–H and O–H groups in total. The molecule has 2 aromatic carbocycles. The maximum Gasteiger partial charge on any atom is 0.172 e. The molecule has 1 aliphatic rings. The number of phenolic OH excluding ortho intramolecular Hbond substituents is 1. The second kappa shape index (κ2) is 8.00. The normalized spacial score (nSPS) is 11.8. The highest BCUT2D eigenvalue weighted by molar-refractivity contribution is 9.10. The quantitative estimate of drug-likeness (QED) is 0.580. The van der Waals surface area contributed by atoms with Gasteiger partial charge in [0, 0.05) is 17.7 Å². The first-order chi connectivity index (χ1) is 14.9. The van der Waals surface area contributed by atoms with Gasteiger partial charge in [0.1, 0.15) is 17.1 Å². The number of hydrogen-bond acceptors (Lipinski definition) is 6. The molecule has 1 aromatic heterocycles. The molecule has 0 atom stereocenters. The Hall–Kier alpha value is -3.44. The van der Waals surface area contributed by atoms with Crippen LogP contribution >= 0.6 is 15.9 Å². The summed E-state index contributed by atoms with van der Waals surface area (Å²) in [6.07, 6.45) is 0.710. The van der Waals surface area contributed by atoms with Crippen molar-refractivity contribution in [2.45, 2.75) is 13.0 Å². The fourth-order valence-electron chi connectivity index (χ4n) is 3.95. The second-order valence-electron chi connectivity index (χ2n) is 7.05. The summed E-state index contributed by atoms with van der Waals surface area (Å²) in [6, 6.07) is 11.3. The van der Waals surface area contributed by atoms with E-state index in [-0.39, 0.29) is 22.6 Å². The van der Waals surface area contributed by atoms with Crippen LogP contribution in [-0.2, 0) is 13.0 Å². The van der Waals surface area contributed by atoms with Crippen LogP contribution in [0, 0.1) is 16.7 Å². The number of pyridine rings is 1. The van der Waals surface area contributed by atoms with Crippen LogP contribution in [-0.4, -0.2) is 31.0 Å². The number of aryl methyl sites for hydroxylation is 1. The lowest BCUT2D eigenvalue weighted by molar-refractivity contribution is 0.354. The van der Waals surface area contributed by atoms with Crippen molar-refractivity contribution in [2.24, 2.45) is 0 Å². The Kier molecular flexibility index (Phi) is 5.38. The minimum absolute atomic E-state index is 0.0228. The van der Waals surface area contributed by atoms with Gasteiger partial charge in [-0.3, -0.25) is 5.41 Å². The number of nitrogens with zero attached hydrogens (tertiary/aromatic N) is 2. The van der Waals surface area contributed by atoms with E-state index in [4.69, 9.17) is 19.6 Å². The number of aromatic nitrogens is 1. The molecule has 0 saturated heterocycles. The molecule has 0 saturated carbocycles. The summed E-state index contributed by atoms with van der Waals surface area (Å²) >= 11 is 3.34. The molecule has 0 unspecified atom stereocenters. The number of benzene rings is 2. The van der Waals surface area contributed by atoms with Crippen molar-refractivity contribution in [3.8, 4) is 51.5 Å². The number of fused-ring (bicyclic) bond motifs is 3. The number of phenols is 1. The number of rotatable bonds is 4. The lowest BCUT2D eigenvalue weighted by atomic mass is 9.92. The Balaban J connectivity index is 2.03. The van der Waals surface area contributed by atoms with Crippen molar-refractivity contribution in [2.75, 3.05) is 21.3 Å². The van der Waals surface area contributed by atoms with Gasteiger partial charge in [-0.1, -0.05) is 0 Å². The van der Waals surface area contributed by atoms with E-state index < -0.39 is 0 Å². The second-order valence-corrected chi connectivity index (χ2v) is 7.91. The zero-order valence-corrected chi connectivity index (χ0v) is 18.8. The molecule has 2 heterocycles. The highest BCUT2D eigenvalue weighted by Crippen LogP contribution is 2.42.